The molecule has 1 fully saturated rings. The van der Waals surface area contributed by atoms with Crippen LogP contribution in [-0.2, 0) is 4.79 Å². The van der Waals surface area contributed by atoms with E-state index in [2.05, 4.69) is 25.6 Å². The van der Waals surface area contributed by atoms with Crippen molar-refractivity contribution in [3.63, 3.8) is 0 Å². The van der Waals surface area contributed by atoms with E-state index >= 15 is 0 Å². The van der Waals surface area contributed by atoms with E-state index in [0.717, 1.165) is 36.1 Å². The quantitative estimate of drug-likeness (QED) is 0.536. The molecule has 2 aromatic heterocycles. The maximum atomic E-state index is 12.7. The first-order valence-corrected chi connectivity index (χ1v) is 11.0. The zero-order valence-electron chi connectivity index (χ0n) is 17.6. The van der Waals surface area contributed by atoms with Gasteiger partial charge in [-0.25, -0.2) is 18.7 Å². The summed E-state index contributed by atoms with van der Waals surface area (Å²) in [7, 11) is 0. The number of nitrogens with zero attached hydrogens (tertiary/aromatic N) is 3. The van der Waals surface area contributed by atoms with Gasteiger partial charge in [0.25, 0.3) is 12.3 Å². The molecule has 4 rings (SSSR count). The predicted octanol–water partition coefficient (Wildman–Crippen LogP) is 4.79. The minimum absolute atomic E-state index is 0.00220. The number of halogens is 3. The smallest absolute Gasteiger partial charge is 0.281 e. The number of hydrogen-bond acceptors (Lipinski definition) is 5. The molecule has 1 aromatic carbocycles. The number of aromatic nitrogens is 3. The lowest BCUT2D eigenvalue weighted by Crippen LogP contribution is -2.34. The van der Waals surface area contributed by atoms with Crippen molar-refractivity contribution in [2.24, 2.45) is 11.8 Å². The number of benzene rings is 1. The van der Waals surface area contributed by atoms with Gasteiger partial charge >= 0.3 is 0 Å². The lowest BCUT2D eigenvalue weighted by Gasteiger charge is -2.27. The molecule has 10 heteroatoms. The number of fused-ring (bicyclic) bond motifs is 1. The molecule has 1 saturated carbocycles. The summed E-state index contributed by atoms with van der Waals surface area (Å²) in [6, 6.07) is 9.02. The number of rotatable bonds is 6. The Morgan fingerprint density at radius 1 is 1.06 bits per heavy atom. The number of anilines is 1. The fourth-order valence-corrected chi connectivity index (χ4v) is 4.10. The summed E-state index contributed by atoms with van der Waals surface area (Å²) in [4.78, 5) is 36.6. The van der Waals surface area contributed by atoms with E-state index in [1.807, 2.05) is 18.2 Å². The molecule has 0 saturated heterocycles. The second-order valence-electron chi connectivity index (χ2n) is 8.08. The summed E-state index contributed by atoms with van der Waals surface area (Å²) < 4.78 is 25.1. The fourth-order valence-electron chi connectivity index (χ4n) is 3.92. The molecule has 1 aliphatic rings. The van der Waals surface area contributed by atoms with Crippen LogP contribution in [-0.4, -0.2) is 33.3 Å². The first kappa shape index (κ1) is 23.0. The lowest BCUT2D eigenvalue weighted by molar-refractivity contribution is -0.121. The van der Waals surface area contributed by atoms with Crippen molar-refractivity contribution in [3.05, 3.63) is 59.1 Å². The Balaban J connectivity index is 1.24. The first-order chi connectivity index (χ1) is 15.9. The van der Waals surface area contributed by atoms with Gasteiger partial charge in [0, 0.05) is 22.9 Å². The van der Waals surface area contributed by atoms with E-state index < -0.39 is 18.0 Å². The highest BCUT2D eigenvalue weighted by molar-refractivity contribution is 6.31. The summed E-state index contributed by atoms with van der Waals surface area (Å²) in [5.74, 6) is 0.102. The highest BCUT2D eigenvalue weighted by Crippen LogP contribution is 2.29. The van der Waals surface area contributed by atoms with Crippen LogP contribution in [0.5, 0.6) is 0 Å². The molecule has 2 amide bonds. The summed E-state index contributed by atoms with van der Waals surface area (Å²) in [6.07, 6.45) is 2.22. The molecule has 1 aliphatic carbocycles. The van der Waals surface area contributed by atoms with Gasteiger partial charge in [-0.2, -0.15) is 0 Å². The summed E-state index contributed by atoms with van der Waals surface area (Å²) in [5, 5.41) is 7.20. The van der Waals surface area contributed by atoms with E-state index in [0.29, 0.717) is 30.2 Å². The van der Waals surface area contributed by atoms with Crippen LogP contribution in [0.15, 0.2) is 42.7 Å². The number of carbonyl (C=O) groups is 2. The van der Waals surface area contributed by atoms with Crippen LogP contribution in [0.2, 0.25) is 5.02 Å². The van der Waals surface area contributed by atoms with Gasteiger partial charge in [-0.3, -0.25) is 14.6 Å². The largest absolute Gasteiger partial charge is 0.350 e. The van der Waals surface area contributed by atoms with Gasteiger partial charge < -0.3 is 10.6 Å². The molecule has 0 unspecified atom stereocenters. The van der Waals surface area contributed by atoms with E-state index in [4.69, 9.17) is 11.6 Å². The molecule has 0 bridgehead atoms. The zero-order valence-corrected chi connectivity index (χ0v) is 18.4. The Morgan fingerprint density at radius 2 is 1.85 bits per heavy atom. The third-order valence-corrected chi connectivity index (χ3v) is 6.03. The number of alkyl halides is 2. The maximum Gasteiger partial charge on any atom is 0.281 e. The standard InChI is InChI=1S/C23H22ClF2N5O2/c24-16-6-7-17-15(9-16)5-8-20(30-17)31-22(32)14-3-1-13(2-4-14)10-29-23(33)19-12-27-18(11-28-19)21(25)26/h5-9,11-14,21H,1-4,10H2,(H,29,33)(H,30,31,32). The van der Waals surface area contributed by atoms with Crippen molar-refractivity contribution in [2.75, 3.05) is 11.9 Å². The van der Waals surface area contributed by atoms with Crippen LogP contribution < -0.4 is 10.6 Å². The van der Waals surface area contributed by atoms with Crippen molar-refractivity contribution < 1.29 is 18.4 Å². The monoisotopic (exact) mass is 473 g/mol. The van der Waals surface area contributed by atoms with E-state index in [-0.39, 0.29) is 23.4 Å². The Kier molecular flexibility index (Phi) is 7.08. The molecule has 2 heterocycles. The Bertz CT molecular complexity index is 1150. The average molecular weight is 474 g/mol. The van der Waals surface area contributed by atoms with Gasteiger partial charge in [0.2, 0.25) is 5.91 Å². The van der Waals surface area contributed by atoms with Gasteiger partial charge in [0.15, 0.2) is 0 Å². The molecule has 0 atom stereocenters. The zero-order chi connectivity index (χ0) is 23.4. The van der Waals surface area contributed by atoms with E-state index in [9.17, 15) is 18.4 Å². The SMILES string of the molecule is O=C(NCC1CCC(C(=O)Nc2ccc3cc(Cl)ccc3n2)CC1)c1cnc(C(F)F)cn1. The van der Waals surface area contributed by atoms with Crippen molar-refractivity contribution in [3.8, 4) is 0 Å². The molecule has 0 aliphatic heterocycles. The third-order valence-electron chi connectivity index (χ3n) is 5.80. The Hall–Kier alpha value is -3.20. The lowest BCUT2D eigenvalue weighted by atomic mass is 9.81. The Morgan fingerprint density at radius 3 is 2.55 bits per heavy atom. The average Bonchev–Trinajstić information content (AvgIpc) is 2.83. The van der Waals surface area contributed by atoms with Crippen molar-refractivity contribution in [1.82, 2.24) is 20.3 Å². The van der Waals surface area contributed by atoms with Gasteiger partial charge in [-0.05, 0) is 61.9 Å². The fraction of sp³-hybridized carbons (Fsp3) is 0.348. The molecule has 0 radical (unpaired) electrons. The highest BCUT2D eigenvalue weighted by Gasteiger charge is 2.27. The van der Waals surface area contributed by atoms with Crippen LogP contribution in [0, 0.1) is 11.8 Å². The van der Waals surface area contributed by atoms with Gasteiger partial charge in [-0.1, -0.05) is 11.6 Å². The third kappa shape index (κ3) is 5.78. The van der Waals surface area contributed by atoms with Crippen LogP contribution in [0.3, 0.4) is 0 Å². The second-order valence-corrected chi connectivity index (χ2v) is 8.51. The van der Waals surface area contributed by atoms with Gasteiger partial charge in [-0.15, -0.1) is 0 Å². The molecule has 33 heavy (non-hydrogen) atoms. The molecular weight excluding hydrogens is 452 g/mol. The van der Waals surface area contributed by atoms with Crippen LogP contribution in [0.4, 0.5) is 14.6 Å². The molecule has 3 aromatic rings. The summed E-state index contributed by atoms with van der Waals surface area (Å²) >= 11 is 5.99. The number of pyridine rings is 1. The molecule has 172 valence electrons. The topological polar surface area (TPSA) is 96.9 Å². The molecular formula is C23H22ClF2N5O2. The first-order valence-electron chi connectivity index (χ1n) is 10.6. The van der Waals surface area contributed by atoms with Crippen LogP contribution in [0.1, 0.15) is 48.3 Å². The molecule has 2 N–H and O–H groups in total. The maximum absolute atomic E-state index is 12.7. The van der Waals surface area contributed by atoms with Crippen molar-refractivity contribution >= 4 is 40.1 Å². The van der Waals surface area contributed by atoms with Gasteiger partial charge in [0.05, 0.1) is 17.9 Å². The normalized spacial score (nSPS) is 18.3. The molecule has 7 nitrogen and oxygen atoms in total. The number of nitrogens with one attached hydrogen (secondary N) is 2. The summed E-state index contributed by atoms with van der Waals surface area (Å²) in [6.45, 7) is 0.431. The minimum Gasteiger partial charge on any atom is -0.350 e. The van der Waals surface area contributed by atoms with Crippen molar-refractivity contribution in [2.45, 2.75) is 32.1 Å². The van der Waals surface area contributed by atoms with Crippen molar-refractivity contribution in [1.29, 1.82) is 0 Å². The molecule has 0 spiro atoms. The Labute approximate surface area is 194 Å². The van der Waals surface area contributed by atoms with E-state index in [1.165, 1.54) is 0 Å². The summed E-state index contributed by atoms with van der Waals surface area (Å²) in [5.41, 5.74) is 0.286. The van der Waals surface area contributed by atoms with Gasteiger partial charge in [0.1, 0.15) is 17.2 Å². The predicted molar refractivity (Wildman–Crippen MR) is 120 cm³/mol. The number of amides is 2. The minimum atomic E-state index is -2.72. The van der Waals surface area contributed by atoms with E-state index in [1.54, 1.807) is 12.1 Å². The van der Waals surface area contributed by atoms with Crippen LogP contribution in [0.25, 0.3) is 10.9 Å². The second kappa shape index (κ2) is 10.2. The number of hydrogen-bond donors (Lipinski definition) is 2. The highest BCUT2D eigenvalue weighted by atomic mass is 35.5. The number of carbonyl (C=O) groups excluding carboxylic acids is 2. The van der Waals surface area contributed by atoms with Crippen LogP contribution >= 0.6 is 11.6 Å².